The fraction of sp³-hybridized carbons (Fsp3) is 1.00. The molecule has 0 bridgehead atoms. The van der Waals surface area contributed by atoms with E-state index in [-0.39, 0.29) is 5.60 Å². The smallest absolute Gasteiger partial charge is 0.0839 e. The molecule has 0 aromatic carbocycles. The van der Waals surface area contributed by atoms with Gasteiger partial charge in [0.2, 0.25) is 0 Å². The van der Waals surface area contributed by atoms with E-state index in [1.165, 1.54) is 12.8 Å². The second-order valence-electron chi connectivity index (χ2n) is 3.66. The molecule has 1 fully saturated rings. The third-order valence-electron chi connectivity index (χ3n) is 2.66. The van der Waals surface area contributed by atoms with Crippen molar-refractivity contribution in [3.8, 4) is 0 Å². The highest BCUT2D eigenvalue weighted by Gasteiger charge is 2.35. The number of rotatable bonds is 2. The highest BCUT2D eigenvalue weighted by molar-refractivity contribution is 6.18. The molecule has 1 atom stereocenters. The van der Waals surface area contributed by atoms with Gasteiger partial charge in [-0.2, -0.15) is 0 Å². The maximum atomic E-state index is 5.91. The minimum atomic E-state index is -0.0141. The minimum absolute atomic E-state index is 0.0141. The van der Waals surface area contributed by atoms with Crippen LogP contribution in [0.5, 0.6) is 0 Å². The summed E-state index contributed by atoms with van der Waals surface area (Å²) in [7, 11) is 0. The Morgan fingerprint density at radius 2 is 2.18 bits per heavy atom. The molecule has 0 aromatic heterocycles. The molecule has 0 N–H and O–H groups in total. The van der Waals surface area contributed by atoms with Crippen LogP contribution in [0.15, 0.2) is 0 Å². The molecule has 1 rings (SSSR count). The van der Waals surface area contributed by atoms with Gasteiger partial charge in [-0.15, -0.1) is 11.6 Å². The summed E-state index contributed by atoms with van der Waals surface area (Å²) in [5, 5.41) is 0. The summed E-state index contributed by atoms with van der Waals surface area (Å²) in [6, 6.07) is 0. The van der Waals surface area contributed by atoms with Gasteiger partial charge in [0.15, 0.2) is 0 Å². The topological polar surface area (TPSA) is 9.23 Å². The van der Waals surface area contributed by atoms with E-state index in [1.807, 2.05) is 0 Å². The Balaban J connectivity index is 2.57. The monoisotopic (exact) mass is 176 g/mol. The summed E-state index contributed by atoms with van der Waals surface area (Å²) in [6.07, 6.45) is 3.60. The van der Waals surface area contributed by atoms with E-state index in [4.69, 9.17) is 16.3 Å². The molecular weight excluding hydrogens is 160 g/mol. The summed E-state index contributed by atoms with van der Waals surface area (Å²) in [4.78, 5) is 0. The second kappa shape index (κ2) is 3.77. The van der Waals surface area contributed by atoms with Crippen LogP contribution in [0.1, 0.15) is 33.1 Å². The Morgan fingerprint density at radius 3 is 2.45 bits per heavy atom. The fourth-order valence-electron chi connectivity index (χ4n) is 1.59. The van der Waals surface area contributed by atoms with Crippen LogP contribution in [0, 0.1) is 5.92 Å². The number of halogens is 1. The first-order valence-electron chi connectivity index (χ1n) is 4.41. The lowest BCUT2D eigenvalue weighted by molar-refractivity contribution is -0.0917. The first-order valence-corrected chi connectivity index (χ1v) is 4.95. The van der Waals surface area contributed by atoms with E-state index in [9.17, 15) is 0 Å². The molecule has 11 heavy (non-hydrogen) atoms. The average Bonchev–Trinajstić information content (AvgIpc) is 2.05. The predicted octanol–water partition coefficient (Wildman–Crippen LogP) is 2.82. The first kappa shape index (κ1) is 9.34. The highest BCUT2D eigenvalue weighted by Crippen LogP contribution is 2.32. The average molecular weight is 177 g/mol. The van der Waals surface area contributed by atoms with Crippen LogP contribution in [0.2, 0.25) is 0 Å². The van der Waals surface area contributed by atoms with Crippen molar-refractivity contribution in [2.75, 3.05) is 12.5 Å². The molecule has 66 valence electrons. The summed E-state index contributed by atoms with van der Waals surface area (Å²) in [5.74, 6) is 1.19. The van der Waals surface area contributed by atoms with Gasteiger partial charge in [0.25, 0.3) is 0 Å². The number of alkyl halides is 1. The largest absolute Gasteiger partial charge is 0.373 e. The molecule has 0 radical (unpaired) electrons. The van der Waals surface area contributed by atoms with E-state index >= 15 is 0 Å². The summed E-state index contributed by atoms with van der Waals surface area (Å²) < 4.78 is 5.74. The molecule has 1 aliphatic heterocycles. The first-order chi connectivity index (χ1) is 5.21. The molecule has 2 heteroatoms. The lowest BCUT2D eigenvalue weighted by Gasteiger charge is -2.39. The van der Waals surface area contributed by atoms with Crippen LogP contribution in [-0.2, 0) is 4.74 Å². The standard InChI is InChI=1S/C9H17ClO/c1-8(2)9(7-10)5-3-4-6-11-9/h8H,3-7H2,1-2H3. The van der Waals surface area contributed by atoms with Gasteiger partial charge in [-0.3, -0.25) is 0 Å². The van der Waals surface area contributed by atoms with Gasteiger partial charge in [-0.1, -0.05) is 13.8 Å². The van der Waals surface area contributed by atoms with Gasteiger partial charge < -0.3 is 4.74 Å². The van der Waals surface area contributed by atoms with Gasteiger partial charge in [0.1, 0.15) is 0 Å². The van der Waals surface area contributed by atoms with E-state index in [1.54, 1.807) is 0 Å². The molecule has 0 aliphatic carbocycles. The van der Waals surface area contributed by atoms with Crippen molar-refractivity contribution in [2.45, 2.75) is 38.7 Å². The summed E-state index contributed by atoms with van der Waals surface area (Å²) in [5.41, 5.74) is -0.0141. The quantitative estimate of drug-likeness (QED) is 0.588. The van der Waals surface area contributed by atoms with Crippen molar-refractivity contribution < 1.29 is 4.74 Å². The van der Waals surface area contributed by atoms with Crippen molar-refractivity contribution in [1.29, 1.82) is 0 Å². The van der Waals surface area contributed by atoms with Crippen molar-refractivity contribution in [1.82, 2.24) is 0 Å². The molecule has 0 amide bonds. The van der Waals surface area contributed by atoms with Crippen LogP contribution in [-0.4, -0.2) is 18.1 Å². The predicted molar refractivity (Wildman–Crippen MR) is 48.1 cm³/mol. The van der Waals surface area contributed by atoms with Crippen molar-refractivity contribution in [2.24, 2.45) is 5.92 Å². The fourth-order valence-corrected chi connectivity index (χ4v) is 2.11. The molecule has 0 saturated carbocycles. The molecular formula is C9H17ClO. The zero-order valence-electron chi connectivity index (χ0n) is 7.40. The Morgan fingerprint density at radius 1 is 1.45 bits per heavy atom. The third kappa shape index (κ3) is 1.88. The van der Waals surface area contributed by atoms with Gasteiger partial charge in [0, 0.05) is 6.61 Å². The summed E-state index contributed by atoms with van der Waals surface area (Å²) in [6.45, 7) is 5.27. The minimum Gasteiger partial charge on any atom is -0.373 e. The molecule has 0 spiro atoms. The van der Waals surface area contributed by atoms with Crippen LogP contribution >= 0.6 is 11.6 Å². The van der Waals surface area contributed by atoms with Crippen LogP contribution in [0.3, 0.4) is 0 Å². The van der Waals surface area contributed by atoms with Gasteiger partial charge >= 0.3 is 0 Å². The van der Waals surface area contributed by atoms with Crippen LogP contribution in [0.4, 0.5) is 0 Å². The van der Waals surface area contributed by atoms with Crippen LogP contribution in [0.25, 0.3) is 0 Å². The Bertz CT molecular complexity index is 117. The lowest BCUT2D eigenvalue weighted by atomic mass is 9.85. The second-order valence-corrected chi connectivity index (χ2v) is 3.93. The van der Waals surface area contributed by atoms with Gasteiger partial charge in [-0.05, 0) is 25.2 Å². The van der Waals surface area contributed by atoms with Crippen molar-refractivity contribution in [3.63, 3.8) is 0 Å². The number of hydrogen-bond donors (Lipinski definition) is 0. The zero-order valence-corrected chi connectivity index (χ0v) is 8.16. The normalized spacial score (nSPS) is 32.7. The van der Waals surface area contributed by atoms with Crippen molar-refractivity contribution >= 4 is 11.6 Å². The zero-order chi connectivity index (χ0) is 8.32. The molecule has 1 unspecified atom stereocenters. The van der Waals surface area contributed by atoms with Gasteiger partial charge in [0.05, 0.1) is 11.5 Å². The number of ether oxygens (including phenoxy) is 1. The molecule has 1 saturated heterocycles. The SMILES string of the molecule is CC(C)C1(CCl)CCCCO1. The van der Waals surface area contributed by atoms with E-state index in [0.29, 0.717) is 11.8 Å². The summed E-state index contributed by atoms with van der Waals surface area (Å²) >= 11 is 5.91. The van der Waals surface area contributed by atoms with E-state index in [2.05, 4.69) is 13.8 Å². The molecule has 1 heterocycles. The number of hydrogen-bond acceptors (Lipinski definition) is 1. The Kier molecular flexibility index (Phi) is 3.20. The molecule has 1 nitrogen and oxygen atoms in total. The van der Waals surface area contributed by atoms with Crippen molar-refractivity contribution in [3.05, 3.63) is 0 Å². The lowest BCUT2D eigenvalue weighted by Crippen LogP contribution is -2.43. The Hall–Kier alpha value is 0.250. The third-order valence-corrected chi connectivity index (χ3v) is 3.11. The van der Waals surface area contributed by atoms with Gasteiger partial charge in [-0.25, -0.2) is 0 Å². The maximum absolute atomic E-state index is 5.91. The Labute approximate surface area is 74.1 Å². The molecule has 0 aromatic rings. The molecule has 1 aliphatic rings. The van der Waals surface area contributed by atoms with E-state index in [0.717, 1.165) is 13.0 Å². The highest BCUT2D eigenvalue weighted by atomic mass is 35.5. The van der Waals surface area contributed by atoms with Crippen LogP contribution < -0.4 is 0 Å². The van der Waals surface area contributed by atoms with E-state index < -0.39 is 0 Å². The maximum Gasteiger partial charge on any atom is 0.0839 e.